The molecular weight excluding hydrogens is 244 g/mol. The van der Waals surface area contributed by atoms with Gasteiger partial charge in [-0.3, -0.25) is 0 Å². The molecule has 6 nitrogen and oxygen atoms in total. The fourth-order valence-electron chi connectivity index (χ4n) is 2.14. The van der Waals surface area contributed by atoms with Gasteiger partial charge in [0.15, 0.2) is 0 Å². The average Bonchev–Trinajstić information content (AvgIpc) is 2.85. The van der Waals surface area contributed by atoms with E-state index in [0.717, 1.165) is 37.2 Å². The molecule has 2 heterocycles. The molecular formula is C13H16N4O2. The summed E-state index contributed by atoms with van der Waals surface area (Å²) in [7, 11) is 2.06. The SMILES string of the molecule is CN1CCN(OC(=O)n2cnc3ccccc32)CC1. The van der Waals surface area contributed by atoms with Crippen LogP contribution in [0, 0.1) is 0 Å². The van der Waals surface area contributed by atoms with Crippen LogP contribution >= 0.6 is 0 Å². The van der Waals surface area contributed by atoms with Crippen LogP contribution < -0.4 is 0 Å². The predicted molar refractivity (Wildman–Crippen MR) is 70.7 cm³/mol. The summed E-state index contributed by atoms with van der Waals surface area (Å²) in [5, 5.41) is 1.71. The van der Waals surface area contributed by atoms with Crippen molar-refractivity contribution in [3.8, 4) is 0 Å². The zero-order chi connectivity index (χ0) is 13.2. The van der Waals surface area contributed by atoms with E-state index in [9.17, 15) is 4.79 Å². The third-order valence-electron chi connectivity index (χ3n) is 3.32. The van der Waals surface area contributed by atoms with Crippen LogP contribution in [0.4, 0.5) is 4.79 Å². The molecule has 1 saturated heterocycles. The van der Waals surface area contributed by atoms with Crippen LogP contribution in [0.25, 0.3) is 11.0 Å². The van der Waals surface area contributed by atoms with Gasteiger partial charge < -0.3 is 9.74 Å². The van der Waals surface area contributed by atoms with Gasteiger partial charge in [-0.25, -0.2) is 14.3 Å². The summed E-state index contributed by atoms with van der Waals surface area (Å²) in [6.07, 6.45) is 1.10. The van der Waals surface area contributed by atoms with Crippen molar-refractivity contribution >= 4 is 17.1 Å². The molecule has 1 aromatic carbocycles. The van der Waals surface area contributed by atoms with E-state index >= 15 is 0 Å². The lowest BCUT2D eigenvalue weighted by Gasteiger charge is -2.30. The monoisotopic (exact) mass is 260 g/mol. The number of nitrogens with zero attached hydrogens (tertiary/aromatic N) is 4. The highest BCUT2D eigenvalue weighted by Crippen LogP contribution is 2.12. The Kier molecular flexibility index (Phi) is 3.18. The molecule has 0 saturated carbocycles. The smallest absolute Gasteiger partial charge is 0.350 e. The second kappa shape index (κ2) is 4.99. The lowest BCUT2D eigenvalue weighted by Crippen LogP contribution is -2.45. The van der Waals surface area contributed by atoms with Crippen LogP contribution in [-0.2, 0) is 4.84 Å². The number of hydrogen-bond donors (Lipinski definition) is 0. The first kappa shape index (κ1) is 12.1. The van der Waals surface area contributed by atoms with Gasteiger partial charge in [-0.15, -0.1) is 5.06 Å². The van der Waals surface area contributed by atoms with Crippen molar-refractivity contribution in [3.63, 3.8) is 0 Å². The van der Waals surface area contributed by atoms with E-state index in [2.05, 4.69) is 16.9 Å². The van der Waals surface area contributed by atoms with Gasteiger partial charge >= 0.3 is 6.09 Å². The van der Waals surface area contributed by atoms with E-state index in [0.29, 0.717) is 0 Å². The molecule has 0 atom stereocenters. The van der Waals surface area contributed by atoms with E-state index in [1.54, 1.807) is 5.06 Å². The van der Waals surface area contributed by atoms with Crippen molar-refractivity contribution < 1.29 is 9.63 Å². The van der Waals surface area contributed by atoms with Gasteiger partial charge in [-0.05, 0) is 19.2 Å². The lowest BCUT2D eigenvalue weighted by molar-refractivity contribution is -0.119. The van der Waals surface area contributed by atoms with Crippen LogP contribution in [0.5, 0.6) is 0 Å². The van der Waals surface area contributed by atoms with Crippen LogP contribution in [0.2, 0.25) is 0 Å². The number of imidazole rings is 1. The van der Waals surface area contributed by atoms with Gasteiger partial charge in [0.05, 0.1) is 11.0 Å². The first-order valence-electron chi connectivity index (χ1n) is 6.32. The molecule has 0 bridgehead atoms. The van der Waals surface area contributed by atoms with Gasteiger partial charge in [0.2, 0.25) is 0 Å². The van der Waals surface area contributed by atoms with Crippen molar-refractivity contribution in [2.75, 3.05) is 33.2 Å². The molecule has 0 spiro atoms. The first-order valence-corrected chi connectivity index (χ1v) is 6.32. The quantitative estimate of drug-likeness (QED) is 0.770. The van der Waals surface area contributed by atoms with E-state index in [-0.39, 0.29) is 0 Å². The van der Waals surface area contributed by atoms with Crippen molar-refractivity contribution in [1.82, 2.24) is 19.5 Å². The van der Waals surface area contributed by atoms with Crippen molar-refractivity contribution in [2.24, 2.45) is 0 Å². The number of para-hydroxylation sites is 2. The van der Waals surface area contributed by atoms with E-state index < -0.39 is 6.09 Å². The lowest BCUT2D eigenvalue weighted by atomic mass is 10.3. The molecule has 3 rings (SSSR count). The average molecular weight is 260 g/mol. The summed E-state index contributed by atoms with van der Waals surface area (Å²) in [5.74, 6) is 0. The Bertz CT molecular complexity index is 587. The minimum Gasteiger partial charge on any atom is -0.350 e. The first-order chi connectivity index (χ1) is 9.24. The summed E-state index contributed by atoms with van der Waals surface area (Å²) in [6, 6.07) is 7.50. The fourth-order valence-corrected chi connectivity index (χ4v) is 2.14. The zero-order valence-electron chi connectivity index (χ0n) is 10.8. The number of hydroxylamine groups is 2. The maximum Gasteiger partial charge on any atom is 0.438 e. The molecule has 0 amide bonds. The number of carbonyl (C=O) groups is 1. The molecule has 1 aromatic heterocycles. The molecule has 0 N–H and O–H groups in total. The Labute approximate surface area is 111 Å². The summed E-state index contributed by atoms with van der Waals surface area (Å²) in [4.78, 5) is 23.9. The number of piperazine rings is 1. The molecule has 0 unspecified atom stereocenters. The largest absolute Gasteiger partial charge is 0.438 e. The number of fused-ring (bicyclic) bond motifs is 1. The number of hydrogen-bond acceptors (Lipinski definition) is 5. The van der Waals surface area contributed by atoms with Crippen LogP contribution in [0.3, 0.4) is 0 Å². The highest BCUT2D eigenvalue weighted by atomic mass is 16.7. The molecule has 19 heavy (non-hydrogen) atoms. The minimum absolute atomic E-state index is 0.404. The van der Waals surface area contributed by atoms with E-state index in [1.807, 2.05) is 24.3 Å². The predicted octanol–water partition coefficient (Wildman–Crippen LogP) is 1.18. The Morgan fingerprint density at radius 2 is 1.95 bits per heavy atom. The van der Waals surface area contributed by atoms with Crippen LogP contribution in [-0.4, -0.2) is 58.8 Å². The van der Waals surface area contributed by atoms with E-state index in [4.69, 9.17) is 4.84 Å². The summed E-state index contributed by atoms with van der Waals surface area (Å²) >= 11 is 0. The zero-order valence-corrected chi connectivity index (χ0v) is 10.8. The molecule has 1 aliphatic rings. The van der Waals surface area contributed by atoms with Crippen molar-refractivity contribution in [2.45, 2.75) is 0 Å². The Balaban J connectivity index is 1.73. The minimum atomic E-state index is -0.404. The molecule has 1 fully saturated rings. The normalized spacial score (nSPS) is 17.7. The van der Waals surface area contributed by atoms with Crippen LogP contribution in [0.1, 0.15) is 0 Å². The Morgan fingerprint density at radius 3 is 2.74 bits per heavy atom. The van der Waals surface area contributed by atoms with E-state index in [1.165, 1.54) is 10.9 Å². The molecule has 6 heteroatoms. The highest BCUT2D eigenvalue weighted by molar-refractivity contribution is 5.86. The number of benzene rings is 1. The maximum absolute atomic E-state index is 12.1. The fraction of sp³-hybridized carbons (Fsp3) is 0.385. The molecule has 2 aromatic rings. The summed E-state index contributed by atoms with van der Waals surface area (Å²) < 4.78 is 1.44. The van der Waals surface area contributed by atoms with Crippen molar-refractivity contribution in [3.05, 3.63) is 30.6 Å². The molecule has 0 aliphatic carbocycles. The van der Waals surface area contributed by atoms with Gasteiger partial charge in [0, 0.05) is 26.2 Å². The summed E-state index contributed by atoms with van der Waals surface area (Å²) in [5.41, 5.74) is 1.56. The molecule has 1 aliphatic heterocycles. The summed E-state index contributed by atoms with van der Waals surface area (Å²) in [6.45, 7) is 3.26. The number of likely N-dealkylation sites (N-methyl/N-ethyl adjacent to an activating group) is 1. The van der Waals surface area contributed by atoms with Crippen molar-refractivity contribution in [1.29, 1.82) is 0 Å². The van der Waals surface area contributed by atoms with Gasteiger partial charge in [0.1, 0.15) is 6.33 Å². The topological polar surface area (TPSA) is 50.6 Å². The Morgan fingerprint density at radius 1 is 1.21 bits per heavy atom. The molecule has 100 valence electrons. The second-order valence-corrected chi connectivity index (χ2v) is 4.69. The third kappa shape index (κ3) is 2.45. The van der Waals surface area contributed by atoms with Gasteiger partial charge in [0.25, 0.3) is 0 Å². The number of rotatable bonds is 1. The van der Waals surface area contributed by atoms with Crippen LogP contribution in [0.15, 0.2) is 30.6 Å². The number of aromatic nitrogens is 2. The number of carbonyl (C=O) groups excluding carboxylic acids is 1. The Hall–Kier alpha value is -1.92. The second-order valence-electron chi connectivity index (χ2n) is 4.69. The maximum atomic E-state index is 12.1. The third-order valence-corrected chi connectivity index (χ3v) is 3.32. The highest BCUT2D eigenvalue weighted by Gasteiger charge is 2.19. The van der Waals surface area contributed by atoms with Gasteiger partial charge in [-0.1, -0.05) is 12.1 Å². The molecule has 0 radical (unpaired) electrons. The standard InChI is InChI=1S/C13H16N4O2/c1-15-6-8-16(9-7-15)19-13(18)17-10-14-11-4-2-3-5-12(11)17/h2-5,10H,6-9H2,1H3. The van der Waals surface area contributed by atoms with Gasteiger partial charge in [-0.2, -0.15) is 0 Å².